The predicted octanol–water partition coefficient (Wildman–Crippen LogP) is 4.54. The average Bonchev–Trinajstić information content (AvgIpc) is 2.83. The van der Waals surface area contributed by atoms with Gasteiger partial charge in [-0.2, -0.15) is 0 Å². The Labute approximate surface area is 111 Å². The molecule has 0 unspecified atom stereocenters. The highest BCUT2D eigenvalue weighted by Crippen LogP contribution is 2.39. The molecule has 18 heavy (non-hydrogen) atoms. The quantitative estimate of drug-likeness (QED) is 0.696. The van der Waals surface area contributed by atoms with Crippen molar-refractivity contribution in [3.05, 3.63) is 23.5 Å². The van der Waals surface area contributed by atoms with Crippen molar-refractivity contribution in [2.24, 2.45) is 20.8 Å². The van der Waals surface area contributed by atoms with Crippen LogP contribution in [-0.2, 0) is 0 Å². The van der Waals surface area contributed by atoms with Crippen molar-refractivity contribution >= 4 is 11.9 Å². The number of aliphatic imine (C=N–C) groups is 2. The molecule has 0 aliphatic carbocycles. The molecule has 0 aromatic carbocycles. The van der Waals surface area contributed by atoms with Gasteiger partial charge in [0, 0.05) is 42.6 Å². The molecule has 0 saturated carbocycles. The van der Waals surface area contributed by atoms with E-state index in [0.29, 0.717) is 0 Å². The van der Waals surface area contributed by atoms with Gasteiger partial charge in [-0.05, 0) is 23.0 Å². The molecule has 0 fully saturated rings. The molecule has 2 heteroatoms. The summed E-state index contributed by atoms with van der Waals surface area (Å²) in [7, 11) is 0. The number of rotatable bonds is 3. The van der Waals surface area contributed by atoms with Crippen LogP contribution in [0.2, 0.25) is 0 Å². The maximum atomic E-state index is 4.60. The maximum Gasteiger partial charge on any atom is 0.0273 e. The van der Waals surface area contributed by atoms with Crippen molar-refractivity contribution in [2.75, 3.05) is 0 Å². The summed E-state index contributed by atoms with van der Waals surface area (Å²) < 4.78 is 0. The lowest BCUT2D eigenvalue weighted by atomic mass is 9.76. The molecular weight excluding hydrogens is 220 g/mol. The van der Waals surface area contributed by atoms with Crippen molar-refractivity contribution < 1.29 is 0 Å². The number of hydrogen-bond acceptors (Lipinski definition) is 2. The summed E-state index contributed by atoms with van der Waals surface area (Å²) in [5, 5.41) is 0. The van der Waals surface area contributed by atoms with Crippen LogP contribution in [0.25, 0.3) is 0 Å². The van der Waals surface area contributed by atoms with E-state index in [2.05, 4.69) is 50.8 Å². The van der Waals surface area contributed by atoms with Crippen LogP contribution in [0.3, 0.4) is 0 Å². The lowest BCUT2D eigenvalue weighted by Gasteiger charge is -2.27. The third-order valence-corrected chi connectivity index (χ3v) is 3.85. The van der Waals surface area contributed by atoms with Crippen LogP contribution in [0, 0.1) is 10.8 Å². The highest BCUT2D eigenvalue weighted by Gasteiger charge is 2.29. The first-order valence-electron chi connectivity index (χ1n) is 6.75. The Kier molecular flexibility index (Phi) is 3.31. The molecule has 0 atom stereocenters. The van der Waals surface area contributed by atoms with E-state index in [0.717, 1.165) is 19.3 Å². The third-order valence-electron chi connectivity index (χ3n) is 3.85. The highest BCUT2D eigenvalue weighted by atomic mass is 14.8. The number of hydrogen-bond donors (Lipinski definition) is 0. The molecule has 2 rings (SSSR count). The zero-order valence-electron chi connectivity index (χ0n) is 12.2. The second-order valence-electron chi connectivity index (χ2n) is 7.04. The Morgan fingerprint density at radius 3 is 2.33 bits per heavy atom. The zero-order chi connectivity index (χ0) is 13.4. The van der Waals surface area contributed by atoms with Crippen molar-refractivity contribution in [3.8, 4) is 0 Å². The summed E-state index contributed by atoms with van der Waals surface area (Å²) in [5.74, 6) is 0. The predicted molar refractivity (Wildman–Crippen MR) is 79.2 cm³/mol. The molecular formula is C16H24N2. The molecule has 0 radical (unpaired) electrons. The van der Waals surface area contributed by atoms with E-state index in [1.54, 1.807) is 0 Å². The average molecular weight is 244 g/mol. The molecule has 2 heterocycles. The number of allylic oxidation sites excluding steroid dienone is 2. The van der Waals surface area contributed by atoms with Gasteiger partial charge in [0.1, 0.15) is 0 Å². The molecule has 98 valence electrons. The Bertz CT molecular complexity index is 454. The molecule has 0 spiro atoms. The standard InChI is InChI=1S/C16H24N2/c1-15(2,3)14-8-12(10-18-14)9-16(4,5)13-6-7-17-11-13/h7,10-11H,6,8-9H2,1-5H3. The monoisotopic (exact) mass is 244 g/mol. The molecule has 0 amide bonds. The summed E-state index contributed by atoms with van der Waals surface area (Å²) in [6.45, 7) is 11.3. The minimum Gasteiger partial charge on any atom is -0.269 e. The summed E-state index contributed by atoms with van der Waals surface area (Å²) >= 11 is 0. The Hall–Kier alpha value is -1.18. The fraction of sp³-hybridized carbons (Fsp3) is 0.625. The van der Waals surface area contributed by atoms with Gasteiger partial charge in [-0.25, -0.2) is 0 Å². The molecule has 0 saturated heterocycles. The van der Waals surface area contributed by atoms with Crippen LogP contribution in [0.5, 0.6) is 0 Å². The van der Waals surface area contributed by atoms with E-state index in [9.17, 15) is 0 Å². The van der Waals surface area contributed by atoms with Gasteiger partial charge in [0.2, 0.25) is 0 Å². The molecule has 2 aliphatic rings. The Morgan fingerprint density at radius 2 is 1.83 bits per heavy atom. The van der Waals surface area contributed by atoms with Crippen molar-refractivity contribution in [3.63, 3.8) is 0 Å². The molecule has 0 aromatic rings. The first-order chi connectivity index (χ1) is 8.29. The van der Waals surface area contributed by atoms with Crippen LogP contribution in [0.1, 0.15) is 53.9 Å². The van der Waals surface area contributed by atoms with Crippen molar-refractivity contribution in [1.29, 1.82) is 0 Å². The summed E-state index contributed by atoms with van der Waals surface area (Å²) in [5.41, 5.74) is 4.60. The summed E-state index contributed by atoms with van der Waals surface area (Å²) in [6, 6.07) is 0. The van der Waals surface area contributed by atoms with Crippen LogP contribution in [-0.4, -0.2) is 11.9 Å². The van der Waals surface area contributed by atoms with E-state index >= 15 is 0 Å². The van der Waals surface area contributed by atoms with Gasteiger partial charge in [-0.15, -0.1) is 0 Å². The van der Waals surface area contributed by atoms with E-state index in [-0.39, 0.29) is 10.8 Å². The van der Waals surface area contributed by atoms with E-state index in [4.69, 9.17) is 0 Å². The highest BCUT2D eigenvalue weighted by molar-refractivity contribution is 5.93. The Balaban J connectivity index is 1.97. The molecule has 0 aromatic heterocycles. The SMILES string of the molecule is CC(C)(C)C1=NC=C(CC(C)(C)C2=CN=CC2)C1. The van der Waals surface area contributed by atoms with Crippen molar-refractivity contribution in [1.82, 2.24) is 0 Å². The Morgan fingerprint density at radius 1 is 1.11 bits per heavy atom. The second kappa shape index (κ2) is 4.49. The maximum absolute atomic E-state index is 4.60. The minimum absolute atomic E-state index is 0.193. The van der Waals surface area contributed by atoms with E-state index in [1.165, 1.54) is 16.9 Å². The van der Waals surface area contributed by atoms with E-state index < -0.39 is 0 Å². The summed E-state index contributed by atoms with van der Waals surface area (Å²) in [4.78, 5) is 8.83. The first kappa shape index (κ1) is 13.3. The molecule has 2 aliphatic heterocycles. The largest absolute Gasteiger partial charge is 0.269 e. The van der Waals surface area contributed by atoms with Gasteiger partial charge >= 0.3 is 0 Å². The van der Waals surface area contributed by atoms with Crippen LogP contribution < -0.4 is 0 Å². The van der Waals surface area contributed by atoms with Crippen LogP contribution in [0.4, 0.5) is 0 Å². The van der Waals surface area contributed by atoms with Crippen LogP contribution >= 0.6 is 0 Å². The fourth-order valence-corrected chi connectivity index (χ4v) is 2.52. The van der Waals surface area contributed by atoms with Gasteiger partial charge in [-0.1, -0.05) is 34.6 Å². The van der Waals surface area contributed by atoms with Gasteiger partial charge in [0.15, 0.2) is 0 Å². The zero-order valence-corrected chi connectivity index (χ0v) is 12.2. The summed E-state index contributed by atoms with van der Waals surface area (Å²) in [6.07, 6.45) is 9.25. The van der Waals surface area contributed by atoms with Gasteiger partial charge in [0.05, 0.1) is 0 Å². The molecule has 0 N–H and O–H groups in total. The minimum atomic E-state index is 0.193. The first-order valence-corrected chi connectivity index (χ1v) is 6.75. The normalized spacial score (nSPS) is 19.9. The topological polar surface area (TPSA) is 24.7 Å². The third kappa shape index (κ3) is 2.80. The van der Waals surface area contributed by atoms with Gasteiger partial charge in [0.25, 0.3) is 0 Å². The smallest absolute Gasteiger partial charge is 0.0273 e. The lowest BCUT2D eigenvalue weighted by Crippen LogP contribution is -2.20. The van der Waals surface area contributed by atoms with Crippen LogP contribution in [0.15, 0.2) is 33.5 Å². The fourth-order valence-electron chi connectivity index (χ4n) is 2.52. The van der Waals surface area contributed by atoms with Gasteiger partial charge in [-0.3, -0.25) is 9.98 Å². The molecule has 0 bridgehead atoms. The van der Waals surface area contributed by atoms with E-state index in [1.807, 2.05) is 12.4 Å². The van der Waals surface area contributed by atoms with Gasteiger partial charge < -0.3 is 0 Å². The number of nitrogens with zero attached hydrogens (tertiary/aromatic N) is 2. The molecule has 2 nitrogen and oxygen atoms in total. The lowest BCUT2D eigenvalue weighted by molar-refractivity contribution is 0.435. The second-order valence-corrected chi connectivity index (χ2v) is 7.04. The van der Waals surface area contributed by atoms with Crippen molar-refractivity contribution in [2.45, 2.75) is 53.9 Å².